The first-order valence-electron chi connectivity index (χ1n) is 4.06. The van der Waals surface area contributed by atoms with Gasteiger partial charge in [-0.05, 0) is 12.8 Å². The molecule has 0 bridgehead atoms. The van der Waals surface area contributed by atoms with Crippen LogP contribution in [0.3, 0.4) is 0 Å². The van der Waals surface area contributed by atoms with E-state index >= 15 is 0 Å². The van der Waals surface area contributed by atoms with E-state index in [4.69, 9.17) is 0 Å². The SMILES string of the molecule is C[C@]1(C(=O)[O-])CC=CC[C@H]1C(=O)[O-]. The lowest BCUT2D eigenvalue weighted by atomic mass is 9.70. The Balaban J connectivity index is 2.99. The summed E-state index contributed by atoms with van der Waals surface area (Å²) in [4.78, 5) is 21.4. The molecule has 0 aliphatic heterocycles. The Labute approximate surface area is 75.9 Å². The van der Waals surface area contributed by atoms with Crippen molar-refractivity contribution in [3.8, 4) is 0 Å². The van der Waals surface area contributed by atoms with Crippen LogP contribution in [-0.4, -0.2) is 11.9 Å². The number of rotatable bonds is 2. The predicted molar refractivity (Wildman–Crippen MR) is 40.0 cm³/mol. The average molecular weight is 182 g/mol. The van der Waals surface area contributed by atoms with E-state index < -0.39 is 23.3 Å². The first-order chi connectivity index (χ1) is 5.98. The number of carbonyl (C=O) groups is 2. The van der Waals surface area contributed by atoms with E-state index in [0.717, 1.165) is 0 Å². The van der Waals surface area contributed by atoms with Crippen molar-refractivity contribution in [3.63, 3.8) is 0 Å². The molecular formula is C9H10O4-2. The van der Waals surface area contributed by atoms with E-state index in [1.165, 1.54) is 6.92 Å². The van der Waals surface area contributed by atoms with Crippen molar-refractivity contribution in [2.24, 2.45) is 11.3 Å². The van der Waals surface area contributed by atoms with Gasteiger partial charge in [-0.25, -0.2) is 0 Å². The van der Waals surface area contributed by atoms with E-state index in [0.29, 0.717) is 0 Å². The molecule has 0 N–H and O–H groups in total. The fraction of sp³-hybridized carbons (Fsp3) is 0.556. The Hall–Kier alpha value is -1.32. The van der Waals surface area contributed by atoms with Gasteiger partial charge in [0.15, 0.2) is 0 Å². The summed E-state index contributed by atoms with van der Waals surface area (Å²) in [5, 5.41) is 21.4. The summed E-state index contributed by atoms with van der Waals surface area (Å²) in [7, 11) is 0. The molecule has 4 heteroatoms. The van der Waals surface area contributed by atoms with Crippen molar-refractivity contribution in [1.29, 1.82) is 0 Å². The summed E-state index contributed by atoms with van der Waals surface area (Å²) in [6.07, 6.45) is 3.71. The van der Waals surface area contributed by atoms with Gasteiger partial charge in [0.1, 0.15) is 0 Å². The standard InChI is InChI=1S/C9H12O4/c1-9(8(12)13)5-3-2-4-6(9)7(10)11/h2-3,6H,4-5H2,1H3,(H,10,11)(H,12,13)/p-2/t6-,9-/m0/s1. The van der Waals surface area contributed by atoms with Crippen molar-refractivity contribution >= 4 is 11.9 Å². The smallest absolute Gasteiger partial charge is 0.0483 e. The van der Waals surface area contributed by atoms with Gasteiger partial charge in [0.25, 0.3) is 0 Å². The maximum Gasteiger partial charge on any atom is 0.0483 e. The zero-order valence-electron chi connectivity index (χ0n) is 7.28. The molecule has 0 aromatic carbocycles. The minimum absolute atomic E-state index is 0.188. The van der Waals surface area contributed by atoms with E-state index in [1.807, 2.05) is 0 Å². The summed E-state index contributed by atoms with van der Waals surface area (Å²) in [6, 6.07) is 0. The van der Waals surface area contributed by atoms with Gasteiger partial charge in [-0.1, -0.05) is 19.1 Å². The molecule has 1 aliphatic rings. The third-order valence-electron chi connectivity index (χ3n) is 2.60. The summed E-state index contributed by atoms with van der Waals surface area (Å²) in [5.41, 5.74) is -1.33. The molecule has 0 fully saturated rings. The highest BCUT2D eigenvalue weighted by Crippen LogP contribution is 2.36. The second-order valence-electron chi connectivity index (χ2n) is 3.49. The zero-order valence-corrected chi connectivity index (χ0v) is 7.28. The summed E-state index contributed by atoms with van der Waals surface area (Å²) in [5.74, 6) is -3.63. The van der Waals surface area contributed by atoms with Gasteiger partial charge < -0.3 is 19.8 Å². The molecule has 0 saturated carbocycles. The molecule has 1 aliphatic carbocycles. The fourth-order valence-electron chi connectivity index (χ4n) is 1.54. The molecular weight excluding hydrogens is 172 g/mol. The number of carboxylic acids is 2. The minimum atomic E-state index is -1.33. The van der Waals surface area contributed by atoms with Gasteiger partial charge >= 0.3 is 0 Å². The molecule has 2 atom stereocenters. The normalized spacial score (nSPS) is 32.8. The Bertz CT molecular complexity index is 269. The predicted octanol–water partition coefficient (Wildman–Crippen LogP) is -1.54. The largest absolute Gasteiger partial charge is 0.550 e. The van der Waals surface area contributed by atoms with Crippen LogP contribution in [0, 0.1) is 11.3 Å². The highest BCUT2D eigenvalue weighted by atomic mass is 16.4. The number of carbonyl (C=O) groups excluding carboxylic acids is 2. The van der Waals surface area contributed by atoms with Crippen molar-refractivity contribution in [2.45, 2.75) is 19.8 Å². The first kappa shape index (κ1) is 9.77. The molecule has 13 heavy (non-hydrogen) atoms. The van der Waals surface area contributed by atoms with E-state index in [1.54, 1.807) is 12.2 Å². The molecule has 0 radical (unpaired) electrons. The van der Waals surface area contributed by atoms with Crippen molar-refractivity contribution in [3.05, 3.63) is 12.2 Å². The van der Waals surface area contributed by atoms with Gasteiger partial charge in [0.05, 0.1) is 0 Å². The molecule has 4 nitrogen and oxygen atoms in total. The van der Waals surface area contributed by atoms with Crippen molar-refractivity contribution in [1.82, 2.24) is 0 Å². The highest BCUT2D eigenvalue weighted by molar-refractivity contribution is 5.81. The number of carboxylic acid groups (broad SMARTS) is 2. The van der Waals surface area contributed by atoms with Crippen LogP contribution in [0.15, 0.2) is 12.2 Å². The lowest BCUT2D eigenvalue weighted by Crippen LogP contribution is -2.51. The second kappa shape index (κ2) is 3.20. The number of hydrogen-bond acceptors (Lipinski definition) is 4. The second-order valence-corrected chi connectivity index (χ2v) is 3.49. The lowest BCUT2D eigenvalue weighted by Gasteiger charge is -2.40. The molecule has 0 aromatic heterocycles. The van der Waals surface area contributed by atoms with Gasteiger partial charge in [-0.15, -0.1) is 0 Å². The van der Waals surface area contributed by atoms with Crippen LogP contribution in [0.5, 0.6) is 0 Å². The van der Waals surface area contributed by atoms with Gasteiger partial charge in [-0.2, -0.15) is 0 Å². The molecule has 72 valence electrons. The van der Waals surface area contributed by atoms with E-state index in [2.05, 4.69) is 0 Å². The molecule has 1 rings (SSSR count). The zero-order chi connectivity index (χ0) is 10.1. The Morgan fingerprint density at radius 2 is 2.00 bits per heavy atom. The number of hydrogen-bond donors (Lipinski definition) is 0. The van der Waals surface area contributed by atoms with Crippen LogP contribution in [0.2, 0.25) is 0 Å². The Morgan fingerprint density at radius 1 is 1.38 bits per heavy atom. The van der Waals surface area contributed by atoms with Gasteiger partial charge in [0, 0.05) is 23.3 Å². The lowest BCUT2D eigenvalue weighted by molar-refractivity contribution is -0.334. The molecule has 0 amide bonds. The Kier molecular flexibility index (Phi) is 2.40. The van der Waals surface area contributed by atoms with E-state index in [-0.39, 0.29) is 12.8 Å². The van der Waals surface area contributed by atoms with Crippen molar-refractivity contribution < 1.29 is 19.8 Å². The average Bonchev–Trinajstić information content (AvgIpc) is 2.04. The van der Waals surface area contributed by atoms with Crippen LogP contribution in [-0.2, 0) is 9.59 Å². The Morgan fingerprint density at radius 3 is 2.38 bits per heavy atom. The van der Waals surface area contributed by atoms with Crippen LogP contribution in [0.1, 0.15) is 19.8 Å². The van der Waals surface area contributed by atoms with E-state index in [9.17, 15) is 19.8 Å². The molecule has 0 spiro atoms. The molecule has 0 unspecified atom stereocenters. The van der Waals surface area contributed by atoms with Crippen LogP contribution in [0.25, 0.3) is 0 Å². The van der Waals surface area contributed by atoms with Crippen LogP contribution >= 0.6 is 0 Å². The summed E-state index contributed by atoms with van der Waals surface area (Å²) >= 11 is 0. The van der Waals surface area contributed by atoms with Gasteiger partial charge in [0.2, 0.25) is 0 Å². The fourth-order valence-corrected chi connectivity index (χ4v) is 1.54. The quantitative estimate of drug-likeness (QED) is 0.485. The summed E-state index contributed by atoms with van der Waals surface area (Å²) < 4.78 is 0. The maximum atomic E-state index is 10.8. The maximum absolute atomic E-state index is 10.8. The van der Waals surface area contributed by atoms with Crippen LogP contribution in [0.4, 0.5) is 0 Å². The highest BCUT2D eigenvalue weighted by Gasteiger charge is 2.36. The number of aliphatic carboxylic acids is 2. The summed E-state index contributed by atoms with van der Waals surface area (Å²) in [6.45, 7) is 1.38. The molecule has 0 heterocycles. The molecule has 0 saturated heterocycles. The number of allylic oxidation sites excluding steroid dienone is 2. The minimum Gasteiger partial charge on any atom is -0.550 e. The van der Waals surface area contributed by atoms with Gasteiger partial charge in [-0.3, -0.25) is 0 Å². The third kappa shape index (κ3) is 1.56. The monoisotopic (exact) mass is 182 g/mol. The first-order valence-corrected chi connectivity index (χ1v) is 4.06. The third-order valence-corrected chi connectivity index (χ3v) is 2.60. The van der Waals surface area contributed by atoms with Crippen LogP contribution < -0.4 is 10.2 Å². The van der Waals surface area contributed by atoms with Crippen molar-refractivity contribution in [2.75, 3.05) is 0 Å². The topological polar surface area (TPSA) is 80.3 Å². The molecule has 0 aromatic rings.